The van der Waals surface area contributed by atoms with E-state index in [-0.39, 0.29) is 11.4 Å². The number of rotatable bonds is 3. The fraction of sp³-hybridized carbons (Fsp3) is 0.273. The largest absolute Gasteiger partial charge is 0.490 e. The maximum Gasteiger partial charge on any atom is 0.263 e. The molecule has 7 heteroatoms. The van der Waals surface area contributed by atoms with Crippen molar-refractivity contribution in [2.24, 2.45) is 0 Å². The molecule has 2 aliphatic heterocycles. The van der Waals surface area contributed by atoms with Crippen LogP contribution in [0.4, 0.5) is 10.8 Å². The van der Waals surface area contributed by atoms with Gasteiger partial charge in [0.05, 0.1) is 17.9 Å². The van der Waals surface area contributed by atoms with Gasteiger partial charge >= 0.3 is 0 Å². The van der Waals surface area contributed by atoms with Gasteiger partial charge in [-0.3, -0.25) is 4.79 Å². The van der Waals surface area contributed by atoms with E-state index in [1.165, 1.54) is 11.3 Å². The molecule has 5 rings (SSSR count). The molecule has 0 saturated carbocycles. The molecule has 0 aliphatic carbocycles. The predicted octanol–water partition coefficient (Wildman–Crippen LogP) is 4.53. The Balaban J connectivity index is 1.49. The van der Waals surface area contributed by atoms with Crippen LogP contribution < -0.4 is 19.7 Å². The molecule has 0 unspecified atom stereocenters. The number of aromatic nitrogens is 1. The van der Waals surface area contributed by atoms with Crippen molar-refractivity contribution in [2.75, 3.05) is 18.1 Å². The number of nitrogens with zero attached hydrogens (tertiary/aromatic N) is 2. The molecule has 2 aliphatic rings. The molecule has 3 heterocycles. The van der Waals surface area contributed by atoms with Crippen LogP contribution in [-0.4, -0.2) is 29.6 Å². The molecule has 29 heavy (non-hydrogen) atoms. The van der Waals surface area contributed by atoms with Crippen LogP contribution in [0.2, 0.25) is 0 Å². The van der Waals surface area contributed by atoms with Crippen LogP contribution in [0, 0.1) is 0 Å². The highest BCUT2D eigenvalue weighted by Crippen LogP contribution is 2.42. The Hall–Kier alpha value is -3.06. The first-order valence-corrected chi connectivity index (χ1v) is 10.4. The summed E-state index contributed by atoms with van der Waals surface area (Å²) in [7, 11) is 0. The smallest absolute Gasteiger partial charge is 0.263 e. The van der Waals surface area contributed by atoms with E-state index in [9.17, 15) is 4.79 Å². The zero-order valence-electron chi connectivity index (χ0n) is 16.3. The number of anilines is 2. The number of hydrogen-bond donors (Lipinski definition) is 1. The third kappa shape index (κ3) is 3.42. The number of amides is 1. The monoisotopic (exact) mass is 407 g/mol. The molecule has 0 atom stereocenters. The maximum absolute atomic E-state index is 12.5. The van der Waals surface area contributed by atoms with Gasteiger partial charge in [-0.05, 0) is 38.1 Å². The highest BCUT2D eigenvalue weighted by Gasteiger charge is 2.34. The molecular formula is C22H21N3O3S. The van der Waals surface area contributed by atoms with Gasteiger partial charge in [-0.25, -0.2) is 4.98 Å². The summed E-state index contributed by atoms with van der Waals surface area (Å²) < 4.78 is 11.8. The minimum Gasteiger partial charge on any atom is -0.490 e. The van der Waals surface area contributed by atoms with Crippen molar-refractivity contribution < 1.29 is 14.3 Å². The Kier molecular flexibility index (Phi) is 4.20. The van der Waals surface area contributed by atoms with E-state index in [0.29, 0.717) is 18.0 Å². The molecular weight excluding hydrogens is 386 g/mol. The average Bonchev–Trinajstić information content (AvgIpc) is 3.11. The minimum absolute atomic E-state index is 0.0466. The number of para-hydroxylation sites is 1. The van der Waals surface area contributed by atoms with E-state index in [1.54, 1.807) is 0 Å². The molecule has 2 aromatic carbocycles. The summed E-state index contributed by atoms with van der Waals surface area (Å²) in [5.41, 5.74) is 1.48. The molecule has 1 N–H and O–H groups in total. The molecule has 1 amide bonds. The van der Waals surface area contributed by atoms with Crippen LogP contribution in [0.15, 0.2) is 48.5 Å². The van der Waals surface area contributed by atoms with Gasteiger partial charge in [-0.2, -0.15) is 0 Å². The van der Waals surface area contributed by atoms with Gasteiger partial charge in [0.15, 0.2) is 5.13 Å². The second-order valence-corrected chi connectivity index (χ2v) is 8.81. The summed E-state index contributed by atoms with van der Waals surface area (Å²) in [6.45, 7) is 5.27. The topological polar surface area (TPSA) is 63.7 Å². The number of hydrogen-bond acceptors (Lipinski definition) is 6. The van der Waals surface area contributed by atoms with Crippen LogP contribution in [0.5, 0.6) is 17.2 Å². The molecule has 1 aromatic heterocycles. The van der Waals surface area contributed by atoms with Gasteiger partial charge in [0.2, 0.25) is 0 Å². The van der Waals surface area contributed by atoms with Gasteiger partial charge in [0, 0.05) is 18.0 Å². The van der Waals surface area contributed by atoms with Crippen molar-refractivity contribution in [3.63, 3.8) is 0 Å². The lowest BCUT2D eigenvalue weighted by molar-refractivity contribution is 0.0901. The van der Waals surface area contributed by atoms with Gasteiger partial charge in [0.1, 0.15) is 28.7 Å². The first-order valence-electron chi connectivity index (χ1n) is 9.58. The van der Waals surface area contributed by atoms with Crippen LogP contribution in [0.3, 0.4) is 0 Å². The first-order chi connectivity index (χ1) is 14.0. The summed E-state index contributed by atoms with van der Waals surface area (Å²) in [5.74, 6) is 2.24. The summed E-state index contributed by atoms with van der Waals surface area (Å²) in [4.78, 5) is 20.1. The van der Waals surface area contributed by atoms with Crippen LogP contribution >= 0.6 is 11.3 Å². The number of carbonyl (C=O) groups excluding carboxylic acids is 1. The lowest BCUT2D eigenvalue weighted by Crippen LogP contribution is -2.48. The van der Waals surface area contributed by atoms with Gasteiger partial charge in [-0.1, -0.05) is 29.5 Å². The molecule has 0 saturated heterocycles. The normalized spacial score (nSPS) is 17.0. The molecule has 0 radical (unpaired) electrons. The van der Waals surface area contributed by atoms with E-state index in [4.69, 9.17) is 14.5 Å². The summed E-state index contributed by atoms with van der Waals surface area (Å²) >= 11 is 1.43. The standard InChI is InChI=1S/C22H21N3O3S/c1-22(2)13-16-19(20(26)24-22)29-21(23-16)25-10-11-27-18-9-8-15(12-17(18)25)28-14-6-4-3-5-7-14/h3-9,12H,10-11,13H2,1-2H3,(H,24,26). The number of benzene rings is 2. The lowest BCUT2D eigenvalue weighted by Gasteiger charge is -2.29. The molecule has 148 valence electrons. The van der Waals surface area contributed by atoms with Crippen molar-refractivity contribution in [3.05, 3.63) is 59.1 Å². The zero-order chi connectivity index (χ0) is 20.0. The number of carbonyl (C=O) groups is 1. The first kappa shape index (κ1) is 18.0. The zero-order valence-corrected chi connectivity index (χ0v) is 17.1. The van der Waals surface area contributed by atoms with Crippen molar-refractivity contribution in [1.29, 1.82) is 0 Å². The summed E-state index contributed by atoms with van der Waals surface area (Å²) in [5, 5.41) is 3.86. The second-order valence-electron chi connectivity index (χ2n) is 7.83. The van der Waals surface area contributed by atoms with Crippen molar-refractivity contribution in [2.45, 2.75) is 25.8 Å². The van der Waals surface area contributed by atoms with Crippen LogP contribution in [-0.2, 0) is 6.42 Å². The molecule has 6 nitrogen and oxygen atoms in total. The Morgan fingerprint density at radius 3 is 2.83 bits per heavy atom. The molecule has 0 fully saturated rings. The maximum atomic E-state index is 12.5. The number of fused-ring (bicyclic) bond motifs is 2. The van der Waals surface area contributed by atoms with E-state index in [0.717, 1.165) is 40.2 Å². The summed E-state index contributed by atoms with van der Waals surface area (Å²) in [6.07, 6.45) is 0.721. The molecule has 0 bridgehead atoms. The summed E-state index contributed by atoms with van der Waals surface area (Å²) in [6, 6.07) is 15.5. The van der Waals surface area contributed by atoms with Crippen LogP contribution in [0.25, 0.3) is 0 Å². The minimum atomic E-state index is -0.283. The molecule has 0 spiro atoms. The molecule has 3 aromatic rings. The van der Waals surface area contributed by atoms with E-state index >= 15 is 0 Å². The average molecular weight is 407 g/mol. The van der Waals surface area contributed by atoms with Crippen LogP contribution in [0.1, 0.15) is 29.2 Å². The van der Waals surface area contributed by atoms with E-state index < -0.39 is 0 Å². The van der Waals surface area contributed by atoms with E-state index in [2.05, 4.69) is 10.2 Å². The fourth-order valence-electron chi connectivity index (χ4n) is 3.66. The van der Waals surface area contributed by atoms with Gasteiger partial charge < -0.3 is 19.7 Å². The highest BCUT2D eigenvalue weighted by atomic mass is 32.1. The Labute approximate surface area is 173 Å². The van der Waals surface area contributed by atoms with Crippen molar-refractivity contribution in [1.82, 2.24) is 10.3 Å². The third-order valence-electron chi connectivity index (χ3n) is 4.96. The highest BCUT2D eigenvalue weighted by molar-refractivity contribution is 7.17. The van der Waals surface area contributed by atoms with Crippen molar-refractivity contribution in [3.8, 4) is 17.2 Å². The lowest BCUT2D eigenvalue weighted by atomic mass is 9.94. The van der Waals surface area contributed by atoms with Gasteiger partial charge in [0.25, 0.3) is 5.91 Å². The SMILES string of the molecule is CC1(C)Cc2nc(N3CCOc4ccc(Oc5ccccc5)cc43)sc2C(=O)N1. The Morgan fingerprint density at radius 1 is 1.17 bits per heavy atom. The predicted molar refractivity (Wildman–Crippen MR) is 113 cm³/mol. The van der Waals surface area contributed by atoms with E-state index in [1.807, 2.05) is 62.4 Å². The number of thiazole rings is 1. The second kappa shape index (κ2) is 6.77. The third-order valence-corrected chi connectivity index (χ3v) is 6.08. The quantitative estimate of drug-likeness (QED) is 0.691. The number of ether oxygens (including phenoxy) is 2. The Bertz CT molecular complexity index is 1080. The fourth-order valence-corrected chi connectivity index (χ4v) is 4.68. The Morgan fingerprint density at radius 2 is 2.00 bits per heavy atom. The van der Waals surface area contributed by atoms with Crippen molar-refractivity contribution >= 4 is 28.1 Å². The number of nitrogens with one attached hydrogen (secondary N) is 1. The van der Waals surface area contributed by atoms with Gasteiger partial charge in [-0.15, -0.1) is 0 Å².